The van der Waals surface area contributed by atoms with Gasteiger partial charge in [-0.15, -0.1) is 0 Å². The van der Waals surface area contributed by atoms with Crippen molar-refractivity contribution in [3.8, 4) is 23.1 Å². The standard InChI is InChI=1S/C22H19N3O3/c1-2-13-27-18-9-7-16(8-10-18)22(26)25-24-15-19-11-12-21(28-19)20-6-4-3-5-17(20)14-23/h3-12,15H,2,13H2,1H3,(H,25,26)/b24-15+. The second kappa shape index (κ2) is 9.19. The summed E-state index contributed by atoms with van der Waals surface area (Å²) in [5.74, 6) is 1.42. The molecule has 6 nitrogen and oxygen atoms in total. The number of benzene rings is 2. The number of hydrogen-bond donors (Lipinski definition) is 1. The van der Waals surface area contributed by atoms with Crippen molar-refractivity contribution in [2.75, 3.05) is 6.61 Å². The first-order valence-electron chi connectivity index (χ1n) is 8.87. The molecule has 0 bridgehead atoms. The number of hydrazone groups is 1. The van der Waals surface area contributed by atoms with Gasteiger partial charge in [-0.05, 0) is 55.0 Å². The molecule has 0 aliphatic heterocycles. The second-order valence-electron chi connectivity index (χ2n) is 5.93. The van der Waals surface area contributed by atoms with Gasteiger partial charge in [0.05, 0.1) is 24.5 Å². The molecular formula is C22H19N3O3. The fourth-order valence-electron chi connectivity index (χ4n) is 2.50. The lowest BCUT2D eigenvalue weighted by Gasteiger charge is -2.05. The fourth-order valence-corrected chi connectivity index (χ4v) is 2.50. The lowest BCUT2D eigenvalue weighted by molar-refractivity contribution is 0.0955. The van der Waals surface area contributed by atoms with E-state index in [-0.39, 0.29) is 5.91 Å². The summed E-state index contributed by atoms with van der Waals surface area (Å²) < 4.78 is 11.2. The van der Waals surface area contributed by atoms with E-state index in [1.807, 2.05) is 19.1 Å². The summed E-state index contributed by atoms with van der Waals surface area (Å²) in [4.78, 5) is 12.1. The minimum Gasteiger partial charge on any atom is -0.494 e. The number of nitrogens with one attached hydrogen (secondary N) is 1. The van der Waals surface area contributed by atoms with Crippen molar-refractivity contribution in [1.29, 1.82) is 5.26 Å². The lowest BCUT2D eigenvalue weighted by atomic mass is 10.1. The van der Waals surface area contributed by atoms with E-state index in [1.165, 1.54) is 6.21 Å². The van der Waals surface area contributed by atoms with Crippen LogP contribution in [0.5, 0.6) is 5.75 Å². The Labute approximate surface area is 163 Å². The Kier molecular flexibility index (Phi) is 6.21. The Balaban J connectivity index is 1.61. The summed E-state index contributed by atoms with van der Waals surface area (Å²) in [6.45, 7) is 2.67. The minimum absolute atomic E-state index is 0.333. The average Bonchev–Trinajstić information content (AvgIpc) is 3.21. The van der Waals surface area contributed by atoms with Gasteiger partial charge in [0.1, 0.15) is 17.3 Å². The van der Waals surface area contributed by atoms with Crippen LogP contribution in [0, 0.1) is 11.3 Å². The van der Waals surface area contributed by atoms with Crippen LogP contribution in [0.25, 0.3) is 11.3 Å². The Bertz CT molecular complexity index is 1010. The third kappa shape index (κ3) is 4.65. The molecule has 0 radical (unpaired) electrons. The first kappa shape index (κ1) is 18.9. The first-order valence-corrected chi connectivity index (χ1v) is 8.87. The summed E-state index contributed by atoms with van der Waals surface area (Å²) in [6.07, 6.45) is 2.34. The predicted octanol–water partition coefficient (Wildman–Crippen LogP) is 4.37. The van der Waals surface area contributed by atoms with E-state index in [2.05, 4.69) is 16.6 Å². The fraction of sp³-hybridized carbons (Fsp3) is 0.136. The molecule has 0 saturated heterocycles. The molecule has 1 aromatic heterocycles. The number of nitriles is 1. The van der Waals surface area contributed by atoms with Gasteiger partial charge >= 0.3 is 0 Å². The number of ether oxygens (including phenoxy) is 1. The molecule has 1 amide bonds. The average molecular weight is 373 g/mol. The molecule has 140 valence electrons. The molecule has 2 aromatic carbocycles. The highest BCUT2D eigenvalue weighted by Crippen LogP contribution is 2.24. The number of amides is 1. The molecule has 28 heavy (non-hydrogen) atoms. The first-order chi connectivity index (χ1) is 13.7. The Morgan fingerprint density at radius 3 is 2.71 bits per heavy atom. The molecule has 0 fully saturated rings. The Morgan fingerprint density at radius 2 is 1.96 bits per heavy atom. The van der Waals surface area contributed by atoms with Gasteiger partial charge in [-0.25, -0.2) is 5.43 Å². The van der Waals surface area contributed by atoms with Crippen molar-refractivity contribution in [2.45, 2.75) is 13.3 Å². The van der Waals surface area contributed by atoms with Crippen LogP contribution in [0.15, 0.2) is 70.2 Å². The minimum atomic E-state index is -0.333. The topological polar surface area (TPSA) is 87.6 Å². The lowest BCUT2D eigenvalue weighted by Crippen LogP contribution is -2.17. The highest BCUT2D eigenvalue weighted by atomic mass is 16.5. The maximum Gasteiger partial charge on any atom is 0.271 e. The van der Waals surface area contributed by atoms with E-state index in [0.29, 0.717) is 34.8 Å². The van der Waals surface area contributed by atoms with Crippen LogP contribution < -0.4 is 10.2 Å². The van der Waals surface area contributed by atoms with Gasteiger partial charge in [0.2, 0.25) is 0 Å². The Morgan fingerprint density at radius 1 is 1.18 bits per heavy atom. The molecule has 3 rings (SSSR count). The van der Waals surface area contributed by atoms with Gasteiger partial charge in [0.15, 0.2) is 0 Å². The van der Waals surface area contributed by atoms with E-state index in [0.717, 1.165) is 12.2 Å². The summed E-state index contributed by atoms with van der Waals surface area (Å²) in [7, 11) is 0. The van der Waals surface area contributed by atoms with E-state index in [1.54, 1.807) is 48.5 Å². The molecular weight excluding hydrogens is 354 g/mol. The molecule has 1 heterocycles. The molecule has 0 spiro atoms. The molecule has 1 N–H and O–H groups in total. The van der Waals surface area contributed by atoms with E-state index < -0.39 is 0 Å². The number of furan rings is 1. The van der Waals surface area contributed by atoms with Crippen LogP contribution >= 0.6 is 0 Å². The van der Waals surface area contributed by atoms with Crippen LogP contribution in [-0.4, -0.2) is 18.7 Å². The van der Waals surface area contributed by atoms with Crippen molar-refractivity contribution in [3.63, 3.8) is 0 Å². The maximum absolute atomic E-state index is 12.1. The highest BCUT2D eigenvalue weighted by Gasteiger charge is 2.08. The monoisotopic (exact) mass is 373 g/mol. The van der Waals surface area contributed by atoms with E-state index in [4.69, 9.17) is 9.15 Å². The highest BCUT2D eigenvalue weighted by molar-refractivity contribution is 5.94. The van der Waals surface area contributed by atoms with Gasteiger partial charge in [-0.3, -0.25) is 4.79 Å². The van der Waals surface area contributed by atoms with Crippen LogP contribution in [0.4, 0.5) is 0 Å². The van der Waals surface area contributed by atoms with Gasteiger partial charge in [-0.1, -0.05) is 19.1 Å². The van der Waals surface area contributed by atoms with Crippen molar-refractivity contribution in [2.24, 2.45) is 5.10 Å². The largest absolute Gasteiger partial charge is 0.494 e. The predicted molar refractivity (Wildman–Crippen MR) is 106 cm³/mol. The van der Waals surface area contributed by atoms with Crippen LogP contribution in [0.3, 0.4) is 0 Å². The zero-order valence-electron chi connectivity index (χ0n) is 15.4. The molecule has 0 aliphatic rings. The van der Waals surface area contributed by atoms with Crippen molar-refractivity contribution in [1.82, 2.24) is 5.43 Å². The molecule has 3 aromatic rings. The summed E-state index contributed by atoms with van der Waals surface area (Å²) in [5, 5.41) is 13.1. The van der Waals surface area contributed by atoms with Gasteiger partial charge in [0, 0.05) is 11.1 Å². The van der Waals surface area contributed by atoms with Gasteiger partial charge < -0.3 is 9.15 Å². The van der Waals surface area contributed by atoms with Gasteiger partial charge in [0.25, 0.3) is 5.91 Å². The number of hydrogen-bond acceptors (Lipinski definition) is 5. The zero-order valence-corrected chi connectivity index (χ0v) is 15.4. The molecule has 0 unspecified atom stereocenters. The summed E-state index contributed by atoms with van der Waals surface area (Å²) >= 11 is 0. The van der Waals surface area contributed by atoms with Crippen LogP contribution in [-0.2, 0) is 0 Å². The van der Waals surface area contributed by atoms with Crippen LogP contribution in [0.2, 0.25) is 0 Å². The molecule has 0 atom stereocenters. The number of rotatable bonds is 7. The normalized spacial score (nSPS) is 10.6. The maximum atomic E-state index is 12.1. The van der Waals surface area contributed by atoms with Gasteiger partial charge in [-0.2, -0.15) is 10.4 Å². The summed E-state index contributed by atoms with van der Waals surface area (Å²) in [6, 6.07) is 19.7. The van der Waals surface area contributed by atoms with Crippen molar-refractivity contribution >= 4 is 12.1 Å². The number of nitrogens with zero attached hydrogens (tertiary/aromatic N) is 2. The van der Waals surface area contributed by atoms with E-state index >= 15 is 0 Å². The second-order valence-corrected chi connectivity index (χ2v) is 5.93. The smallest absolute Gasteiger partial charge is 0.271 e. The number of carbonyl (C=O) groups is 1. The Hall–Kier alpha value is -3.85. The van der Waals surface area contributed by atoms with Crippen LogP contribution in [0.1, 0.15) is 35.0 Å². The zero-order chi connectivity index (χ0) is 19.8. The SMILES string of the molecule is CCCOc1ccc(C(=O)N/N=C/c2ccc(-c3ccccc3C#N)o2)cc1. The third-order valence-corrected chi connectivity index (χ3v) is 3.89. The third-order valence-electron chi connectivity index (χ3n) is 3.89. The van der Waals surface area contributed by atoms with Crippen molar-refractivity contribution < 1.29 is 13.9 Å². The quantitative estimate of drug-likeness (QED) is 0.492. The molecule has 0 aliphatic carbocycles. The van der Waals surface area contributed by atoms with Crippen molar-refractivity contribution in [3.05, 3.63) is 77.6 Å². The number of carbonyl (C=O) groups excluding carboxylic acids is 1. The molecule has 6 heteroatoms. The molecule has 0 saturated carbocycles. The van der Waals surface area contributed by atoms with E-state index in [9.17, 15) is 10.1 Å². The summed E-state index contributed by atoms with van der Waals surface area (Å²) in [5.41, 5.74) is 4.17.